The van der Waals surface area contributed by atoms with Crippen LogP contribution >= 0.6 is 0 Å². The number of ether oxygens (including phenoxy) is 1. The molecule has 2 atom stereocenters. The second-order valence-corrected chi connectivity index (χ2v) is 9.86. The van der Waals surface area contributed by atoms with E-state index in [4.69, 9.17) is 4.74 Å². The number of benzene rings is 3. The Morgan fingerprint density at radius 3 is 1.94 bits per heavy atom. The maximum atomic E-state index is 15.0. The lowest BCUT2D eigenvalue weighted by molar-refractivity contribution is -0.0218. The molecule has 4 rings (SSSR count). The molecule has 0 saturated carbocycles. The van der Waals surface area contributed by atoms with Crippen LogP contribution in [0, 0.1) is 29.2 Å². The molecule has 36 heavy (non-hydrogen) atoms. The first-order valence-electron chi connectivity index (χ1n) is 13.1. The molecule has 0 aliphatic carbocycles. The zero-order valence-corrected chi connectivity index (χ0v) is 21.1. The van der Waals surface area contributed by atoms with Gasteiger partial charge in [-0.1, -0.05) is 75.2 Å². The highest BCUT2D eigenvalue weighted by molar-refractivity contribution is 5.72. The summed E-state index contributed by atoms with van der Waals surface area (Å²) in [4.78, 5) is 0. The van der Waals surface area contributed by atoms with Crippen molar-refractivity contribution in [3.63, 3.8) is 0 Å². The minimum Gasteiger partial charge on any atom is -0.378 e. The lowest BCUT2D eigenvalue weighted by atomic mass is 9.90. The van der Waals surface area contributed by atoms with E-state index in [1.165, 1.54) is 24.3 Å². The smallest absolute Gasteiger partial charge is 0.167 e. The van der Waals surface area contributed by atoms with Gasteiger partial charge in [0, 0.05) is 23.3 Å². The third-order valence-corrected chi connectivity index (χ3v) is 7.24. The van der Waals surface area contributed by atoms with Crippen LogP contribution in [0.2, 0.25) is 0 Å². The molecule has 1 fully saturated rings. The lowest BCUT2D eigenvalue weighted by Crippen LogP contribution is -2.26. The fourth-order valence-corrected chi connectivity index (χ4v) is 5.11. The van der Waals surface area contributed by atoms with Crippen molar-refractivity contribution in [2.24, 2.45) is 5.92 Å². The molecule has 1 heterocycles. The van der Waals surface area contributed by atoms with E-state index in [1.807, 2.05) is 12.1 Å². The second-order valence-electron chi connectivity index (χ2n) is 9.86. The van der Waals surface area contributed by atoms with Gasteiger partial charge >= 0.3 is 0 Å². The Bertz CT molecular complexity index is 1160. The zero-order chi connectivity index (χ0) is 25.7. The molecule has 0 spiro atoms. The van der Waals surface area contributed by atoms with E-state index in [-0.39, 0.29) is 22.3 Å². The lowest BCUT2D eigenvalue weighted by Gasteiger charge is -2.29. The van der Waals surface area contributed by atoms with Gasteiger partial charge in [-0.05, 0) is 61.1 Å². The van der Waals surface area contributed by atoms with Gasteiger partial charge in [0.25, 0.3) is 0 Å². The van der Waals surface area contributed by atoms with Gasteiger partial charge in [-0.25, -0.2) is 17.6 Å². The van der Waals surface area contributed by atoms with Crippen molar-refractivity contribution in [1.29, 1.82) is 0 Å². The molecule has 0 radical (unpaired) electrons. The Kier molecular flexibility index (Phi) is 8.84. The predicted molar refractivity (Wildman–Crippen MR) is 137 cm³/mol. The summed E-state index contributed by atoms with van der Waals surface area (Å²) in [6.07, 6.45) is 7.44. The summed E-state index contributed by atoms with van der Waals surface area (Å²) < 4.78 is 65.9. The molecular weight excluding hydrogens is 464 g/mol. The summed E-state index contributed by atoms with van der Waals surface area (Å²) in [5, 5.41) is 0. The van der Waals surface area contributed by atoms with E-state index in [0.717, 1.165) is 44.1 Å². The van der Waals surface area contributed by atoms with Crippen molar-refractivity contribution in [3.8, 4) is 22.3 Å². The Hall–Kier alpha value is -2.66. The minimum atomic E-state index is -1.18. The van der Waals surface area contributed by atoms with E-state index in [0.29, 0.717) is 37.0 Å². The fourth-order valence-electron chi connectivity index (χ4n) is 5.11. The van der Waals surface area contributed by atoms with Crippen molar-refractivity contribution in [2.45, 2.75) is 71.3 Å². The van der Waals surface area contributed by atoms with Gasteiger partial charge in [0.05, 0.1) is 6.10 Å². The molecule has 1 saturated heterocycles. The Labute approximate surface area is 211 Å². The van der Waals surface area contributed by atoms with Gasteiger partial charge in [-0.3, -0.25) is 0 Å². The van der Waals surface area contributed by atoms with Crippen molar-refractivity contribution < 1.29 is 22.3 Å². The van der Waals surface area contributed by atoms with E-state index in [2.05, 4.69) is 13.8 Å². The molecule has 3 aromatic rings. The minimum absolute atomic E-state index is 0.0904. The topological polar surface area (TPSA) is 9.23 Å². The van der Waals surface area contributed by atoms with E-state index in [9.17, 15) is 8.78 Å². The van der Waals surface area contributed by atoms with Gasteiger partial charge in [-0.2, -0.15) is 0 Å². The Morgan fingerprint density at radius 2 is 1.31 bits per heavy atom. The highest BCUT2D eigenvalue weighted by Crippen LogP contribution is 2.35. The first kappa shape index (κ1) is 26.4. The summed E-state index contributed by atoms with van der Waals surface area (Å²) in [5.74, 6) is -4.08. The van der Waals surface area contributed by atoms with Gasteiger partial charge in [-0.15, -0.1) is 0 Å². The molecule has 3 aromatic carbocycles. The number of hydrogen-bond acceptors (Lipinski definition) is 1. The molecule has 0 amide bonds. The molecule has 1 nitrogen and oxygen atoms in total. The Morgan fingerprint density at radius 1 is 0.667 bits per heavy atom. The third kappa shape index (κ3) is 5.83. The molecule has 192 valence electrons. The number of aryl methyl sites for hydroxylation is 2. The summed E-state index contributed by atoms with van der Waals surface area (Å²) in [7, 11) is 0. The van der Waals surface area contributed by atoms with Crippen LogP contribution < -0.4 is 0 Å². The van der Waals surface area contributed by atoms with Crippen LogP contribution in [0.1, 0.15) is 63.5 Å². The van der Waals surface area contributed by atoms with Crippen LogP contribution in [0.5, 0.6) is 0 Å². The fraction of sp³-hybridized carbons (Fsp3) is 0.419. The summed E-state index contributed by atoms with van der Waals surface area (Å²) >= 11 is 0. The molecular formula is C31H34F4O. The quantitative estimate of drug-likeness (QED) is 0.267. The van der Waals surface area contributed by atoms with Crippen LogP contribution in [-0.2, 0) is 17.6 Å². The second kappa shape index (κ2) is 12.1. The zero-order valence-electron chi connectivity index (χ0n) is 21.1. The molecule has 1 aliphatic rings. The average Bonchev–Trinajstić information content (AvgIpc) is 2.89. The summed E-state index contributed by atoms with van der Waals surface area (Å²) in [6, 6.07) is 12.8. The molecule has 2 unspecified atom stereocenters. The van der Waals surface area contributed by atoms with Gasteiger partial charge in [0.2, 0.25) is 0 Å². The van der Waals surface area contributed by atoms with Gasteiger partial charge in [0.15, 0.2) is 23.3 Å². The first-order valence-corrected chi connectivity index (χ1v) is 13.1. The molecule has 0 bridgehead atoms. The standard InChI is InChI=1S/C31H34F4O/c1-3-5-20-7-11-22(12-8-20)25-17-18-27(31(35)29(25)33)26-16-14-23(28(32)30(26)34)13-9-21-10-15-24(6-4-2)36-19-21/h7-8,11-12,14,16-18,21,24H,3-6,9-10,13,15,19H2,1-2H3. The normalized spacial score (nSPS) is 17.9. The summed E-state index contributed by atoms with van der Waals surface area (Å²) in [6.45, 7) is 4.85. The largest absolute Gasteiger partial charge is 0.378 e. The van der Waals surface area contributed by atoms with Crippen molar-refractivity contribution in [1.82, 2.24) is 0 Å². The third-order valence-electron chi connectivity index (χ3n) is 7.24. The maximum Gasteiger partial charge on any atom is 0.167 e. The van der Waals surface area contributed by atoms with E-state index < -0.39 is 23.3 Å². The van der Waals surface area contributed by atoms with Gasteiger partial charge < -0.3 is 4.74 Å². The average molecular weight is 499 g/mol. The molecule has 0 aromatic heterocycles. The number of rotatable bonds is 9. The Balaban J connectivity index is 1.49. The van der Waals surface area contributed by atoms with Crippen LogP contribution in [0.4, 0.5) is 17.6 Å². The highest BCUT2D eigenvalue weighted by atomic mass is 19.2. The van der Waals surface area contributed by atoms with Crippen molar-refractivity contribution in [3.05, 3.63) is 82.9 Å². The van der Waals surface area contributed by atoms with Crippen LogP contribution in [0.3, 0.4) is 0 Å². The first-order chi connectivity index (χ1) is 17.4. The molecule has 1 aliphatic heterocycles. The van der Waals surface area contributed by atoms with Crippen molar-refractivity contribution in [2.75, 3.05) is 6.61 Å². The maximum absolute atomic E-state index is 15.0. The number of halogens is 4. The van der Waals surface area contributed by atoms with Crippen LogP contribution in [0.25, 0.3) is 22.3 Å². The summed E-state index contributed by atoms with van der Waals surface area (Å²) in [5.41, 5.74) is 1.43. The SMILES string of the molecule is CCCc1ccc(-c2ccc(-c3ccc(CCC4CCC(CCC)OC4)c(F)c3F)c(F)c2F)cc1. The van der Waals surface area contributed by atoms with Crippen LogP contribution in [-0.4, -0.2) is 12.7 Å². The van der Waals surface area contributed by atoms with Crippen molar-refractivity contribution >= 4 is 0 Å². The molecule has 5 heteroatoms. The van der Waals surface area contributed by atoms with E-state index >= 15 is 8.78 Å². The number of hydrogen-bond donors (Lipinski definition) is 0. The molecule has 0 N–H and O–H groups in total. The van der Waals surface area contributed by atoms with E-state index in [1.54, 1.807) is 12.1 Å². The van der Waals surface area contributed by atoms with Gasteiger partial charge in [0.1, 0.15) is 0 Å². The predicted octanol–water partition coefficient (Wildman–Crippen LogP) is 9.06. The highest BCUT2D eigenvalue weighted by Gasteiger charge is 2.24. The monoisotopic (exact) mass is 498 g/mol. The van der Waals surface area contributed by atoms with Crippen LogP contribution in [0.15, 0.2) is 48.5 Å².